The summed E-state index contributed by atoms with van der Waals surface area (Å²) in [4.78, 5) is 6.47. The lowest BCUT2D eigenvalue weighted by Gasteiger charge is -2.24. The van der Waals surface area contributed by atoms with E-state index in [1.807, 2.05) is 12.4 Å². The number of likely N-dealkylation sites (N-methyl/N-ethyl adjacent to an activating group) is 1. The van der Waals surface area contributed by atoms with Crippen molar-refractivity contribution in [3.8, 4) is 0 Å². The summed E-state index contributed by atoms with van der Waals surface area (Å²) in [5.41, 5.74) is 2.79. The van der Waals surface area contributed by atoms with Gasteiger partial charge in [0.2, 0.25) is 0 Å². The fourth-order valence-corrected chi connectivity index (χ4v) is 2.16. The molecule has 1 aliphatic heterocycles. The Morgan fingerprint density at radius 1 is 1.50 bits per heavy atom. The van der Waals surface area contributed by atoms with Crippen LogP contribution in [0.2, 0.25) is 0 Å². The maximum Gasteiger partial charge on any atom is 0.0413 e. The molecule has 2 heterocycles. The third kappa shape index (κ3) is 1.39. The molecule has 1 aliphatic rings. The van der Waals surface area contributed by atoms with Crippen LogP contribution in [0.4, 0.5) is 0 Å². The molecule has 0 N–H and O–H groups in total. The first kappa shape index (κ1) is 8.20. The van der Waals surface area contributed by atoms with E-state index in [1.54, 1.807) is 0 Å². The summed E-state index contributed by atoms with van der Waals surface area (Å²) in [6, 6.07) is 0. The second-order valence-corrected chi connectivity index (χ2v) is 4.10. The predicted octanol–water partition coefficient (Wildman–Crippen LogP) is 1.83. The number of rotatable bonds is 0. The zero-order valence-corrected chi connectivity index (χ0v) is 8.63. The van der Waals surface area contributed by atoms with Crippen LogP contribution >= 0.6 is 15.9 Å². The van der Waals surface area contributed by atoms with Crippen molar-refractivity contribution in [3.05, 3.63) is 28.0 Å². The summed E-state index contributed by atoms with van der Waals surface area (Å²) in [6.45, 7) is 2.18. The van der Waals surface area contributed by atoms with E-state index < -0.39 is 0 Å². The molecule has 0 fully saturated rings. The van der Waals surface area contributed by atoms with E-state index in [1.165, 1.54) is 11.1 Å². The molecule has 0 spiro atoms. The van der Waals surface area contributed by atoms with Crippen molar-refractivity contribution < 1.29 is 0 Å². The summed E-state index contributed by atoms with van der Waals surface area (Å²) < 4.78 is 1.16. The molecule has 1 aromatic rings. The van der Waals surface area contributed by atoms with E-state index in [-0.39, 0.29) is 0 Å². The molecule has 64 valence electrons. The first-order valence-corrected chi connectivity index (χ1v) is 4.86. The number of hydrogen-bond donors (Lipinski definition) is 0. The highest BCUT2D eigenvalue weighted by Crippen LogP contribution is 2.24. The van der Waals surface area contributed by atoms with Gasteiger partial charge < -0.3 is 4.90 Å². The SMILES string of the molecule is CN1CCc2c(Br)cncc2C1. The molecule has 0 bridgehead atoms. The quantitative estimate of drug-likeness (QED) is 0.672. The Kier molecular flexibility index (Phi) is 2.15. The standard InChI is InChI=1S/C9H11BrN2/c1-12-3-2-8-7(6-12)4-11-5-9(8)10/h4-5H,2-3,6H2,1H3. The molecular weight excluding hydrogens is 216 g/mol. The van der Waals surface area contributed by atoms with Gasteiger partial charge in [-0.05, 0) is 40.5 Å². The van der Waals surface area contributed by atoms with Crippen LogP contribution in [0, 0.1) is 0 Å². The largest absolute Gasteiger partial charge is 0.302 e. The van der Waals surface area contributed by atoms with E-state index in [2.05, 4.69) is 32.9 Å². The molecule has 2 nitrogen and oxygen atoms in total. The minimum absolute atomic E-state index is 1.03. The van der Waals surface area contributed by atoms with Gasteiger partial charge in [0.25, 0.3) is 0 Å². The van der Waals surface area contributed by atoms with E-state index in [4.69, 9.17) is 0 Å². The van der Waals surface area contributed by atoms with Gasteiger partial charge in [-0.3, -0.25) is 4.98 Å². The van der Waals surface area contributed by atoms with Crippen molar-refractivity contribution in [2.24, 2.45) is 0 Å². The second-order valence-electron chi connectivity index (χ2n) is 3.25. The average molecular weight is 227 g/mol. The Morgan fingerprint density at radius 3 is 3.17 bits per heavy atom. The maximum atomic E-state index is 4.16. The van der Waals surface area contributed by atoms with Crippen LogP contribution in [0.1, 0.15) is 11.1 Å². The molecule has 0 saturated heterocycles. The Balaban J connectivity index is 2.42. The van der Waals surface area contributed by atoms with Gasteiger partial charge in [-0.25, -0.2) is 0 Å². The van der Waals surface area contributed by atoms with Crippen LogP contribution in [0.5, 0.6) is 0 Å². The van der Waals surface area contributed by atoms with Crippen molar-refractivity contribution >= 4 is 15.9 Å². The molecule has 0 aromatic carbocycles. The van der Waals surface area contributed by atoms with Crippen LogP contribution in [-0.4, -0.2) is 23.5 Å². The van der Waals surface area contributed by atoms with Crippen LogP contribution in [-0.2, 0) is 13.0 Å². The van der Waals surface area contributed by atoms with Crippen LogP contribution in [0.25, 0.3) is 0 Å². The minimum Gasteiger partial charge on any atom is -0.302 e. The zero-order valence-electron chi connectivity index (χ0n) is 7.05. The number of aromatic nitrogens is 1. The smallest absolute Gasteiger partial charge is 0.0413 e. The molecule has 3 heteroatoms. The summed E-state index contributed by atoms with van der Waals surface area (Å²) in [5.74, 6) is 0. The second kappa shape index (κ2) is 3.15. The molecule has 0 aliphatic carbocycles. The van der Waals surface area contributed by atoms with Crippen molar-refractivity contribution in [2.75, 3.05) is 13.6 Å². The van der Waals surface area contributed by atoms with Crippen molar-refractivity contribution in [1.82, 2.24) is 9.88 Å². The highest BCUT2D eigenvalue weighted by atomic mass is 79.9. The van der Waals surface area contributed by atoms with Gasteiger partial charge in [-0.15, -0.1) is 0 Å². The van der Waals surface area contributed by atoms with Gasteiger partial charge in [0.05, 0.1) is 0 Å². The van der Waals surface area contributed by atoms with E-state index in [9.17, 15) is 0 Å². The number of nitrogens with zero attached hydrogens (tertiary/aromatic N) is 2. The molecular formula is C9H11BrN2. The van der Waals surface area contributed by atoms with Gasteiger partial charge in [0, 0.05) is 30.0 Å². The normalized spacial score (nSPS) is 17.5. The molecule has 0 unspecified atom stereocenters. The highest BCUT2D eigenvalue weighted by molar-refractivity contribution is 9.10. The van der Waals surface area contributed by atoms with Crippen LogP contribution in [0.3, 0.4) is 0 Å². The molecule has 0 amide bonds. The number of fused-ring (bicyclic) bond motifs is 1. The van der Waals surface area contributed by atoms with Crippen molar-refractivity contribution in [3.63, 3.8) is 0 Å². The minimum atomic E-state index is 1.03. The van der Waals surface area contributed by atoms with Gasteiger partial charge in [-0.1, -0.05) is 0 Å². The summed E-state index contributed by atoms with van der Waals surface area (Å²) in [7, 11) is 2.14. The van der Waals surface area contributed by atoms with E-state index in [0.29, 0.717) is 0 Å². The number of halogens is 1. The first-order chi connectivity index (χ1) is 5.77. The summed E-state index contributed by atoms with van der Waals surface area (Å²) in [6.07, 6.45) is 4.98. The molecule has 1 aromatic heterocycles. The predicted molar refractivity (Wildman–Crippen MR) is 52.0 cm³/mol. The monoisotopic (exact) mass is 226 g/mol. The first-order valence-electron chi connectivity index (χ1n) is 4.07. The number of pyridine rings is 1. The van der Waals surface area contributed by atoms with Gasteiger partial charge in [0.1, 0.15) is 0 Å². The molecule has 0 radical (unpaired) electrons. The Hall–Kier alpha value is -0.410. The molecule has 2 rings (SSSR count). The Morgan fingerprint density at radius 2 is 2.33 bits per heavy atom. The van der Waals surface area contributed by atoms with Gasteiger partial charge >= 0.3 is 0 Å². The van der Waals surface area contributed by atoms with Crippen molar-refractivity contribution in [1.29, 1.82) is 0 Å². The molecule has 12 heavy (non-hydrogen) atoms. The fraction of sp³-hybridized carbons (Fsp3) is 0.444. The van der Waals surface area contributed by atoms with Gasteiger partial charge in [-0.2, -0.15) is 0 Å². The third-order valence-corrected chi connectivity index (χ3v) is 2.96. The van der Waals surface area contributed by atoms with Crippen LogP contribution < -0.4 is 0 Å². The molecule has 0 atom stereocenters. The lowest BCUT2D eigenvalue weighted by Crippen LogP contribution is -2.26. The maximum absolute atomic E-state index is 4.16. The highest BCUT2D eigenvalue weighted by Gasteiger charge is 2.14. The van der Waals surface area contributed by atoms with E-state index >= 15 is 0 Å². The zero-order chi connectivity index (χ0) is 8.55. The summed E-state index contributed by atoms with van der Waals surface area (Å²) in [5, 5.41) is 0. The average Bonchev–Trinajstić information content (AvgIpc) is 2.04. The Labute approximate surface area is 80.7 Å². The van der Waals surface area contributed by atoms with Gasteiger partial charge in [0.15, 0.2) is 0 Å². The summed E-state index contributed by atoms with van der Waals surface area (Å²) >= 11 is 3.52. The lowest BCUT2D eigenvalue weighted by molar-refractivity contribution is 0.312. The topological polar surface area (TPSA) is 16.1 Å². The number of hydrogen-bond acceptors (Lipinski definition) is 2. The molecule has 0 saturated carbocycles. The van der Waals surface area contributed by atoms with E-state index in [0.717, 1.165) is 24.0 Å². The lowest BCUT2D eigenvalue weighted by atomic mass is 10.0. The van der Waals surface area contributed by atoms with Crippen LogP contribution in [0.15, 0.2) is 16.9 Å². The fourth-order valence-electron chi connectivity index (χ4n) is 1.59. The van der Waals surface area contributed by atoms with Crippen molar-refractivity contribution in [2.45, 2.75) is 13.0 Å². The third-order valence-electron chi connectivity index (χ3n) is 2.28. The Bertz CT molecular complexity index is 299.